The summed E-state index contributed by atoms with van der Waals surface area (Å²) >= 11 is 0. The summed E-state index contributed by atoms with van der Waals surface area (Å²) in [5, 5.41) is 3.77. The van der Waals surface area contributed by atoms with Crippen molar-refractivity contribution in [2.45, 2.75) is 72.8 Å². The summed E-state index contributed by atoms with van der Waals surface area (Å²) in [4.78, 5) is 2.89. The van der Waals surface area contributed by atoms with Gasteiger partial charge in [0.05, 0.1) is 6.04 Å². The van der Waals surface area contributed by atoms with Crippen LogP contribution < -0.4 is 0 Å². The van der Waals surface area contributed by atoms with Crippen LogP contribution in [-0.4, -0.2) is 6.04 Å². The lowest BCUT2D eigenvalue weighted by molar-refractivity contribution is 0.108. The SMILES string of the molecule is CCC1(CC)C/C(=C/C(C)N=[N+]=[N-])CC(C)(C)C1. The second kappa shape index (κ2) is 5.79. The van der Waals surface area contributed by atoms with Crippen molar-refractivity contribution in [2.24, 2.45) is 15.9 Å². The van der Waals surface area contributed by atoms with E-state index >= 15 is 0 Å². The highest BCUT2D eigenvalue weighted by Gasteiger charge is 2.39. The van der Waals surface area contributed by atoms with Crippen molar-refractivity contribution in [3.8, 4) is 0 Å². The minimum absolute atomic E-state index is 0.0229. The molecule has 0 spiro atoms. The quantitative estimate of drug-likeness (QED) is 0.268. The zero-order valence-electron chi connectivity index (χ0n) is 12.5. The fourth-order valence-electron chi connectivity index (χ4n) is 3.62. The average molecular weight is 249 g/mol. The van der Waals surface area contributed by atoms with Gasteiger partial charge in [0.2, 0.25) is 0 Å². The molecule has 0 N–H and O–H groups in total. The molecule has 1 saturated carbocycles. The molecule has 1 aliphatic carbocycles. The van der Waals surface area contributed by atoms with Gasteiger partial charge in [-0.05, 0) is 35.6 Å². The molecule has 3 heteroatoms. The molecular weight excluding hydrogens is 222 g/mol. The Kier molecular flexibility index (Phi) is 4.86. The first-order valence-electron chi connectivity index (χ1n) is 7.10. The Morgan fingerprint density at radius 2 is 1.94 bits per heavy atom. The maximum atomic E-state index is 8.49. The lowest BCUT2D eigenvalue weighted by Crippen LogP contribution is -2.33. The molecule has 3 nitrogen and oxygen atoms in total. The first-order valence-corrected chi connectivity index (χ1v) is 7.10. The molecule has 1 fully saturated rings. The van der Waals surface area contributed by atoms with E-state index in [0.29, 0.717) is 10.8 Å². The van der Waals surface area contributed by atoms with E-state index in [9.17, 15) is 0 Å². The van der Waals surface area contributed by atoms with Crippen LogP contribution in [0.4, 0.5) is 0 Å². The van der Waals surface area contributed by atoms with E-state index in [2.05, 4.69) is 43.8 Å². The Labute approximate surface area is 111 Å². The molecule has 18 heavy (non-hydrogen) atoms. The zero-order chi connectivity index (χ0) is 13.8. The lowest BCUT2D eigenvalue weighted by Gasteiger charge is -2.46. The van der Waals surface area contributed by atoms with Gasteiger partial charge in [0, 0.05) is 4.91 Å². The summed E-state index contributed by atoms with van der Waals surface area (Å²) in [5.41, 5.74) is 10.8. The van der Waals surface area contributed by atoms with Crippen LogP contribution in [0.3, 0.4) is 0 Å². The van der Waals surface area contributed by atoms with E-state index < -0.39 is 0 Å². The third-order valence-electron chi connectivity index (χ3n) is 4.37. The number of azide groups is 1. The van der Waals surface area contributed by atoms with Gasteiger partial charge in [0.1, 0.15) is 0 Å². The van der Waals surface area contributed by atoms with Gasteiger partial charge in [0.15, 0.2) is 0 Å². The van der Waals surface area contributed by atoms with E-state index in [1.165, 1.54) is 31.3 Å². The number of rotatable bonds is 4. The van der Waals surface area contributed by atoms with E-state index in [1.54, 1.807) is 0 Å². The number of hydrogen-bond donors (Lipinski definition) is 0. The number of nitrogens with zero attached hydrogens (tertiary/aromatic N) is 3. The van der Waals surface area contributed by atoms with Crippen LogP contribution in [-0.2, 0) is 0 Å². The molecular formula is C15H27N3. The third kappa shape index (κ3) is 3.78. The van der Waals surface area contributed by atoms with Crippen LogP contribution in [0.25, 0.3) is 10.4 Å². The van der Waals surface area contributed by atoms with Crippen LogP contribution in [0.15, 0.2) is 16.8 Å². The molecule has 1 unspecified atom stereocenters. The van der Waals surface area contributed by atoms with Crippen molar-refractivity contribution in [1.29, 1.82) is 0 Å². The predicted molar refractivity (Wildman–Crippen MR) is 77.3 cm³/mol. The first kappa shape index (κ1) is 15.1. The van der Waals surface area contributed by atoms with Crippen LogP contribution in [0.1, 0.15) is 66.7 Å². The van der Waals surface area contributed by atoms with E-state index in [1.807, 2.05) is 6.92 Å². The third-order valence-corrected chi connectivity index (χ3v) is 4.37. The molecule has 0 aliphatic heterocycles. The minimum Gasteiger partial charge on any atom is -0.0868 e. The summed E-state index contributed by atoms with van der Waals surface area (Å²) in [6.07, 6.45) is 8.27. The van der Waals surface area contributed by atoms with E-state index in [0.717, 1.165) is 6.42 Å². The summed E-state index contributed by atoms with van der Waals surface area (Å²) in [6, 6.07) is -0.0229. The molecule has 0 heterocycles. The smallest absolute Gasteiger partial charge is 0.0529 e. The van der Waals surface area contributed by atoms with Crippen molar-refractivity contribution < 1.29 is 0 Å². The highest BCUT2D eigenvalue weighted by atomic mass is 15.1. The maximum Gasteiger partial charge on any atom is 0.0529 e. The van der Waals surface area contributed by atoms with Gasteiger partial charge in [-0.25, -0.2) is 0 Å². The Hall–Kier alpha value is -0.950. The molecule has 1 rings (SSSR count). The summed E-state index contributed by atoms with van der Waals surface area (Å²) in [5.74, 6) is 0. The van der Waals surface area contributed by atoms with Gasteiger partial charge < -0.3 is 0 Å². The van der Waals surface area contributed by atoms with Crippen molar-refractivity contribution >= 4 is 0 Å². The molecule has 1 atom stereocenters. The Balaban J connectivity index is 2.97. The molecule has 0 saturated heterocycles. The van der Waals surface area contributed by atoms with Crippen LogP contribution in [0.2, 0.25) is 0 Å². The molecule has 0 aromatic rings. The van der Waals surface area contributed by atoms with Crippen LogP contribution in [0, 0.1) is 10.8 Å². The number of allylic oxidation sites excluding steroid dienone is 1. The largest absolute Gasteiger partial charge is 0.0868 e. The zero-order valence-corrected chi connectivity index (χ0v) is 12.5. The van der Waals surface area contributed by atoms with Gasteiger partial charge in [-0.2, -0.15) is 0 Å². The van der Waals surface area contributed by atoms with E-state index in [-0.39, 0.29) is 6.04 Å². The van der Waals surface area contributed by atoms with Crippen molar-refractivity contribution in [1.82, 2.24) is 0 Å². The molecule has 0 aromatic carbocycles. The summed E-state index contributed by atoms with van der Waals surface area (Å²) in [7, 11) is 0. The Bertz CT molecular complexity index is 358. The number of hydrogen-bond acceptors (Lipinski definition) is 1. The highest BCUT2D eigenvalue weighted by Crippen LogP contribution is 2.52. The van der Waals surface area contributed by atoms with Crippen molar-refractivity contribution in [3.63, 3.8) is 0 Å². The first-order chi connectivity index (χ1) is 8.36. The molecule has 0 bridgehead atoms. The van der Waals surface area contributed by atoms with Crippen molar-refractivity contribution in [2.75, 3.05) is 0 Å². The molecule has 0 radical (unpaired) electrons. The van der Waals surface area contributed by atoms with Crippen LogP contribution >= 0.6 is 0 Å². The van der Waals surface area contributed by atoms with Gasteiger partial charge in [0.25, 0.3) is 0 Å². The highest BCUT2D eigenvalue weighted by molar-refractivity contribution is 5.15. The monoisotopic (exact) mass is 249 g/mol. The minimum atomic E-state index is -0.0229. The standard InChI is InChI=1S/C15H27N3/c1-6-15(7-2)10-13(8-12(3)17-18-16)9-14(4,5)11-15/h8,12H,6-7,9-11H2,1-5H3/b13-8+. The second-order valence-electron chi connectivity index (χ2n) is 6.67. The van der Waals surface area contributed by atoms with E-state index in [4.69, 9.17) is 5.53 Å². The molecule has 0 aromatic heterocycles. The lowest BCUT2D eigenvalue weighted by atomic mass is 9.59. The van der Waals surface area contributed by atoms with Crippen LogP contribution in [0.5, 0.6) is 0 Å². The normalized spacial score (nSPS) is 25.5. The fourth-order valence-corrected chi connectivity index (χ4v) is 3.62. The topological polar surface area (TPSA) is 48.8 Å². The van der Waals surface area contributed by atoms with Gasteiger partial charge in [-0.15, -0.1) is 0 Å². The molecule has 0 amide bonds. The maximum absolute atomic E-state index is 8.49. The summed E-state index contributed by atoms with van der Waals surface area (Å²) in [6.45, 7) is 11.3. The average Bonchev–Trinajstić information content (AvgIpc) is 2.27. The Morgan fingerprint density at radius 1 is 1.33 bits per heavy atom. The second-order valence-corrected chi connectivity index (χ2v) is 6.67. The fraction of sp³-hybridized carbons (Fsp3) is 0.867. The molecule has 1 aliphatic rings. The van der Waals surface area contributed by atoms with Gasteiger partial charge >= 0.3 is 0 Å². The van der Waals surface area contributed by atoms with Gasteiger partial charge in [-0.1, -0.05) is 64.2 Å². The molecule has 102 valence electrons. The summed E-state index contributed by atoms with van der Waals surface area (Å²) < 4.78 is 0. The Morgan fingerprint density at radius 3 is 2.44 bits per heavy atom. The predicted octanol–water partition coefficient (Wildman–Crippen LogP) is 5.63. The van der Waals surface area contributed by atoms with Gasteiger partial charge in [-0.3, -0.25) is 0 Å². The van der Waals surface area contributed by atoms with Crippen molar-refractivity contribution in [3.05, 3.63) is 22.1 Å².